The summed E-state index contributed by atoms with van der Waals surface area (Å²) in [5.41, 5.74) is 2.57. The Morgan fingerprint density at radius 3 is 2.44 bits per heavy atom. The smallest absolute Gasteiger partial charge is 0.292 e. The first-order valence-electron chi connectivity index (χ1n) is 8.62. The quantitative estimate of drug-likeness (QED) is 0.720. The molecule has 0 aliphatic carbocycles. The number of methoxy groups -OCH3 is 1. The summed E-state index contributed by atoms with van der Waals surface area (Å²) in [7, 11) is 3.28. The number of ether oxygens (including phenoxy) is 1. The fourth-order valence-corrected chi connectivity index (χ4v) is 2.90. The number of nitrogens with zero attached hydrogens (tertiary/aromatic N) is 2. The van der Waals surface area contributed by atoms with Crippen molar-refractivity contribution in [2.75, 3.05) is 14.2 Å². The Labute approximate surface area is 158 Å². The molecule has 1 amide bonds. The number of amides is 1. The molecule has 0 saturated heterocycles. The molecule has 2 aromatic carbocycles. The second-order valence-corrected chi connectivity index (χ2v) is 6.33. The minimum absolute atomic E-state index is 0.0502. The van der Waals surface area contributed by atoms with Crippen molar-refractivity contribution in [1.82, 2.24) is 10.1 Å². The van der Waals surface area contributed by atoms with Gasteiger partial charge in [0, 0.05) is 19.2 Å². The van der Waals surface area contributed by atoms with Crippen LogP contribution in [0.3, 0.4) is 0 Å². The number of rotatable bonds is 6. The molecule has 0 radical (unpaired) electrons. The van der Waals surface area contributed by atoms with Crippen LogP contribution >= 0.6 is 0 Å². The van der Waals surface area contributed by atoms with Crippen LogP contribution in [0.1, 0.15) is 34.7 Å². The number of hydrogen-bond donors (Lipinski definition) is 1. The normalized spacial score (nSPS) is 11.9. The van der Waals surface area contributed by atoms with Crippen molar-refractivity contribution in [3.8, 4) is 17.0 Å². The largest absolute Gasteiger partial charge is 0.497 e. The zero-order valence-corrected chi connectivity index (χ0v) is 15.5. The van der Waals surface area contributed by atoms with E-state index in [1.165, 1.54) is 0 Å². The number of aliphatic hydroxyl groups excluding tert-OH is 1. The summed E-state index contributed by atoms with van der Waals surface area (Å²) in [6.07, 6.45) is -0.905. The van der Waals surface area contributed by atoms with Gasteiger partial charge in [-0.1, -0.05) is 35.5 Å². The fraction of sp³-hybridized carbons (Fsp3) is 0.238. The van der Waals surface area contributed by atoms with Gasteiger partial charge in [0.15, 0.2) is 0 Å². The highest BCUT2D eigenvalue weighted by atomic mass is 16.5. The molecular weight excluding hydrogens is 344 g/mol. The minimum Gasteiger partial charge on any atom is -0.497 e. The number of hydrogen-bond acceptors (Lipinski definition) is 5. The predicted molar refractivity (Wildman–Crippen MR) is 101 cm³/mol. The average molecular weight is 366 g/mol. The molecular formula is C21H22N2O4. The molecule has 0 unspecified atom stereocenters. The Balaban J connectivity index is 1.91. The number of aromatic nitrogens is 1. The third-order valence-electron chi connectivity index (χ3n) is 4.31. The fourth-order valence-electron chi connectivity index (χ4n) is 2.90. The van der Waals surface area contributed by atoms with E-state index < -0.39 is 6.10 Å². The summed E-state index contributed by atoms with van der Waals surface area (Å²) >= 11 is 0. The van der Waals surface area contributed by atoms with Gasteiger partial charge >= 0.3 is 0 Å². The first-order chi connectivity index (χ1) is 13.0. The maximum absolute atomic E-state index is 12.9. The maximum atomic E-state index is 12.9. The zero-order chi connectivity index (χ0) is 19.4. The van der Waals surface area contributed by atoms with Gasteiger partial charge in [0.1, 0.15) is 11.4 Å². The molecule has 0 fully saturated rings. The van der Waals surface area contributed by atoms with E-state index in [-0.39, 0.29) is 11.7 Å². The molecule has 0 aliphatic heterocycles. The second-order valence-electron chi connectivity index (χ2n) is 6.33. The third-order valence-corrected chi connectivity index (χ3v) is 4.31. The number of aliphatic hydroxyl groups is 1. The van der Waals surface area contributed by atoms with Gasteiger partial charge in [0.2, 0.25) is 5.76 Å². The van der Waals surface area contributed by atoms with Crippen molar-refractivity contribution in [2.45, 2.75) is 19.6 Å². The number of carbonyl (C=O) groups excluding carboxylic acids is 1. The van der Waals surface area contributed by atoms with E-state index in [4.69, 9.17) is 9.26 Å². The van der Waals surface area contributed by atoms with Crippen molar-refractivity contribution in [1.29, 1.82) is 0 Å². The van der Waals surface area contributed by atoms with Crippen LogP contribution in [0.15, 0.2) is 59.1 Å². The summed E-state index contributed by atoms with van der Waals surface area (Å²) in [4.78, 5) is 14.4. The average Bonchev–Trinajstić information content (AvgIpc) is 3.13. The highest BCUT2D eigenvalue weighted by Crippen LogP contribution is 2.32. The van der Waals surface area contributed by atoms with E-state index in [1.54, 1.807) is 38.1 Å². The summed E-state index contributed by atoms with van der Waals surface area (Å²) in [6.45, 7) is 2.02. The van der Waals surface area contributed by atoms with Crippen molar-refractivity contribution in [3.05, 3.63) is 71.5 Å². The third kappa shape index (κ3) is 4.01. The number of carbonyl (C=O) groups is 1. The van der Waals surface area contributed by atoms with Gasteiger partial charge < -0.3 is 19.3 Å². The number of benzene rings is 2. The summed E-state index contributed by atoms with van der Waals surface area (Å²) in [5, 5.41) is 14.3. The van der Waals surface area contributed by atoms with Gasteiger partial charge in [-0.3, -0.25) is 4.79 Å². The Morgan fingerprint density at radius 2 is 1.85 bits per heavy atom. The van der Waals surface area contributed by atoms with Gasteiger partial charge in [0.05, 0.1) is 18.8 Å². The highest BCUT2D eigenvalue weighted by molar-refractivity contribution is 5.94. The lowest BCUT2D eigenvalue weighted by atomic mass is 10.0. The molecule has 3 aromatic rings. The molecule has 0 saturated carbocycles. The maximum Gasteiger partial charge on any atom is 0.292 e. The Kier molecular flexibility index (Phi) is 5.57. The van der Waals surface area contributed by atoms with Crippen LogP contribution < -0.4 is 4.74 Å². The standard InChI is InChI=1S/C21H22N2O4/c1-14(24)18-19(16-9-11-17(26-3)12-10-16)22-27-20(18)21(25)23(2)13-15-7-5-4-6-8-15/h4-12,14,24H,13H2,1-3H3/t14-/m0/s1. The highest BCUT2D eigenvalue weighted by Gasteiger charge is 2.28. The zero-order valence-electron chi connectivity index (χ0n) is 15.5. The summed E-state index contributed by atoms with van der Waals surface area (Å²) < 4.78 is 10.5. The Hall–Kier alpha value is -3.12. The second kappa shape index (κ2) is 8.05. The van der Waals surface area contributed by atoms with Gasteiger partial charge in [-0.25, -0.2) is 0 Å². The lowest BCUT2D eigenvalue weighted by Crippen LogP contribution is -2.27. The van der Waals surface area contributed by atoms with E-state index in [0.29, 0.717) is 23.6 Å². The van der Waals surface area contributed by atoms with Gasteiger partial charge in [-0.05, 0) is 36.8 Å². The topological polar surface area (TPSA) is 75.8 Å². The molecule has 140 valence electrons. The Morgan fingerprint density at radius 1 is 1.19 bits per heavy atom. The van der Waals surface area contributed by atoms with E-state index in [2.05, 4.69) is 5.16 Å². The van der Waals surface area contributed by atoms with Crippen LogP contribution in [-0.4, -0.2) is 35.2 Å². The van der Waals surface area contributed by atoms with Crippen molar-refractivity contribution in [3.63, 3.8) is 0 Å². The molecule has 1 atom stereocenters. The van der Waals surface area contributed by atoms with Crippen LogP contribution in [0.25, 0.3) is 11.3 Å². The van der Waals surface area contributed by atoms with Crippen molar-refractivity contribution < 1.29 is 19.2 Å². The van der Waals surface area contributed by atoms with Gasteiger partial charge in [0.25, 0.3) is 5.91 Å². The van der Waals surface area contributed by atoms with Crippen LogP contribution in [0.2, 0.25) is 0 Å². The molecule has 3 rings (SSSR count). The lowest BCUT2D eigenvalue weighted by Gasteiger charge is -2.17. The van der Waals surface area contributed by atoms with Crippen LogP contribution in [0.5, 0.6) is 5.75 Å². The molecule has 6 heteroatoms. The molecule has 1 aromatic heterocycles. The first kappa shape index (κ1) is 18.7. The summed E-state index contributed by atoms with van der Waals surface area (Å²) in [5.74, 6) is 0.427. The van der Waals surface area contributed by atoms with Crippen molar-refractivity contribution >= 4 is 5.91 Å². The van der Waals surface area contributed by atoms with E-state index >= 15 is 0 Å². The lowest BCUT2D eigenvalue weighted by molar-refractivity contribution is 0.0735. The van der Waals surface area contributed by atoms with Crippen LogP contribution in [0, 0.1) is 0 Å². The van der Waals surface area contributed by atoms with Gasteiger partial charge in [-0.15, -0.1) is 0 Å². The molecule has 1 heterocycles. The molecule has 27 heavy (non-hydrogen) atoms. The molecule has 6 nitrogen and oxygen atoms in total. The monoisotopic (exact) mass is 366 g/mol. The Bertz CT molecular complexity index is 902. The van der Waals surface area contributed by atoms with E-state index in [1.807, 2.05) is 42.5 Å². The van der Waals surface area contributed by atoms with Crippen LogP contribution in [-0.2, 0) is 6.54 Å². The summed E-state index contributed by atoms with van der Waals surface area (Å²) in [6, 6.07) is 16.9. The van der Waals surface area contributed by atoms with E-state index in [9.17, 15) is 9.90 Å². The van der Waals surface area contributed by atoms with Crippen LogP contribution in [0.4, 0.5) is 0 Å². The first-order valence-corrected chi connectivity index (χ1v) is 8.62. The molecule has 0 bridgehead atoms. The van der Waals surface area contributed by atoms with Crippen molar-refractivity contribution in [2.24, 2.45) is 0 Å². The SMILES string of the molecule is COc1ccc(-c2noc(C(=O)N(C)Cc3ccccc3)c2[C@H](C)O)cc1. The molecule has 1 N–H and O–H groups in total. The predicted octanol–water partition coefficient (Wildman–Crippen LogP) is 3.68. The molecule has 0 spiro atoms. The van der Waals surface area contributed by atoms with E-state index in [0.717, 1.165) is 11.1 Å². The van der Waals surface area contributed by atoms with Gasteiger partial charge in [-0.2, -0.15) is 0 Å². The minimum atomic E-state index is -0.905. The molecule has 0 aliphatic rings.